The van der Waals surface area contributed by atoms with Crippen LogP contribution >= 0.6 is 23.4 Å². The van der Waals surface area contributed by atoms with Crippen molar-refractivity contribution in [3.05, 3.63) is 28.8 Å². The fourth-order valence-electron chi connectivity index (χ4n) is 2.36. The van der Waals surface area contributed by atoms with E-state index >= 15 is 0 Å². The van der Waals surface area contributed by atoms with Crippen LogP contribution in [-0.4, -0.2) is 17.5 Å². The first kappa shape index (κ1) is 13.6. The van der Waals surface area contributed by atoms with E-state index in [9.17, 15) is 0 Å². The van der Waals surface area contributed by atoms with E-state index in [0.717, 1.165) is 10.9 Å². The lowest BCUT2D eigenvalue weighted by atomic mass is 9.95. The second kappa shape index (κ2) is 6.36. The van der Waals surface area contributed by atoms with Crippen LogP contribution in [0.1, 0.15) is 31.2 Å². The van der Waals surface area contributed by atoms with E-state index in [-0.39, 0.29) is 0 Å². The van der Waals surface area contributed by atoms with Crippen LogP contribution in [0.2, 0.25) is 5.02 Å². The summed E-state index contributed by atoms with van der Waals surface area (Å²) >= 11 is 8.14. The second-order valence-corrected chi connectivity index (χ2v) is 6.21. The van der Waals surface area contributed by atoms with Gasteiger partial charge in [-0.3, -0.25) is 0 Å². The number of thioether (sulfide) groups is 1. The van der Waals surface area contributed by atoms with Gasteiger partial charge in [0.15, 0.2) is 0 Å². The first-order valence-electron chi connectivity index (χ1n) is 6.22. The van der Waals surface area contributed by atoms with E-state index in [4.69, 9.17) is 16.9 Å². The zero-order valence-electron chi connectivity index (χ0n) is 10.4. The molecule has 2 nitrogen and oxygen atoms in total. The van der Waals surface area contributed by atoms with E-state index in [1.54, 1.807) is 6.07 Å². The van der Waals surface area contributed by atoms with E-state index in [1.807, 2.05) is 23.9 Å². The van der Waals surface area contributed by atoms with Crippen LogP contribution in [0.25, 0.3) is 0 Å². The molecule has 1 aromatic carbocycles. The molecule has 1 N–H and O–H groups in total. The minimum absolute atomic E-state index is 0.513. The van der Waals surface area contributed by atoms with Crippen molar-refractivity contribution in [3.8, 4) is 6.07 Å². The van der Waals surface area contributed by atoms with Gasteiger partial charge in [0, 0.05) is 11.3 Å². The molecule has 1 aliphatic rings. The number of halogens is 1. The van der Waals surface area contributed by atoms with Gasteiger partial charge in [0.1, 0.15) is 0 Å². The number of nitrogens with one attached hydrogen (secondary N) is 1. The number of hydrogen-bond acceptors (Lipinski definition) is 3. The van der Waals surface area contributed by atoms with Crippen LogP contribution in [0.5, 0.6) is 0 Å². The Bertz CT molecular complexity index is 448. The van der Waals surface area contributed by atoms with Gasteiger partial charge in [-0.2, -0.15) is 17.0 Å². The van der Waals surface area contributed by atoms with E-state index in [0.29, 0.717) is 16.6 Å². The van der Waals surface area contributed by atoms with Gasteiger partial charge in [-0.25, -0.2) is 0 Å². The zero-order chi connectivity index (χ0) is 13.0. The molecule has 0 spiro atoms. The molecule has 4 heteroatoms. The summed E-state index contributed by atoms with van der Waals surface area (Å²) in [5, 5.41) is 13.8. The molecule has 0 bridgehead atoms. The molecule has 0 saturated heterocycles. The Hall–Kier alpha value is -0.850. The fourth-order valence-corrected chi connectivity index (χ4v) is 3.34. The van der Waals surface area contributed by atoms with Gasteiger partial charge in [-0.15, -0.1) is 0 Å². The predicted octanol–water partition coefficient (Wildman–Crippen LogP) is 4.30. The minimum atomic E-state index is 0.513. The Kier molecular flexibility index (Phi) is 4.79. The lowest BCUT2D eigenvalue weighted by Crippen LogP contribution is -2.27. The van der Waals surface area contributed by atoms with Crippen molar-refractivity contribution in [3.63, 3.8) is 0 Å². The molecule has 0 unspecified atom stereocenters. The van der Waals surface area contributed by atoms with E-state index in [1.165, 1.54) is 25.7 Å². The van der Waals surface area contributed by atoms with Crippen LogP contribution < -0.4 is 5.32 Å². The molecule has 0 aromatic heterocycles. The lowest BCUT2D eigenvalue weighted by Gasteiger charge is -2.29. The molecule has 0 amide bonds. The molecule has 1 fully saturated rings. The monoisotopic (exact) mass is 280 g/mol. The number of nitrogens with zero attached hydrogens (tertiary/aromatic N) is 1. The Morgan fingerprint density at radius 3 is 2.61 bits per heavy atom. The number of nitriles is 1. The highest BCUT2D eigenvalue weighted by Crippen LogP contribution is 2.30. The van der Waals surface area contributed by atoms with Gasteiger partial charge in [0.2, 0.25) is 0 Å². The minimum Gasteiger partial charge on any atom is -0.381 e. The molecule has 2 rings (SSSR count). The van der Waals surface area contributed by atoms with Gasteiger partial charge in [0.25, 0.3) is 0 Å². The van der Waals surface area contributed by atoms with Crippen molar-refractivity contribution in [1.29, 1.82) is 5.26 Å². The number of rotatable bonds is 3. The van der Waals surface area contributed by atoms with Crippen molar-refractivity contribution in [1.82, 2.24) is 0 Å². The third kappa shape index (κ3) is 3.34. The van der Waals surface area contributed by atoms with Gasteiger partial charge in [-0.1, -0.05) is 11.6 Å². The molecule has 0 atom stereocenters. The molecule has 0 aliphatic heterocycles. The third-order valence-electron chi connectivity index (χ3n) is 3.47. The maximum absolute atomic E-state index is 8.80. The second-order valence-electron chi connectivity index (χ2n) is 4.66. The molecular weight excluding hydrogens is 264 g/mol. The fraction of sp³-hybridized carbons (Fsp3) is 0.500. The first-order valence-corrected chi connectivity index (χ1v) is 7.88. The molecule has 1 aliphatic carbocycles. The lowest BCUT2D eigenvalue weighted by molar-refractivity contribution is 0.473. The van der Waals surface area contributed by atoms with Crippen molar-refractivity contribution < 1.29 is 0 Å². The Labute approximate surface area is 118 Å². The summed E-state index contributed by atoms with van der Waals surface area (Å²) in [4.78, 5) is 0. The number of anilines is 1. The van der Waals surface area contributed by atoms with Crippen LogP contribution in [0.4, 0.5) is 5.69 Å². The molecule has 1 saturated carbocycles. The highest BCUT2D eigenvalue weighted by molar-refractivity contribution is 7.99. The summed E-state index contributed by atoms with van der Waals surface area (Å²) in [6.07, 6.45) is 7.12. The molecule has 0 radical (unpaired) electrons. The normalized spacial score (nSPS) is 23.4. The van der Waals surface area contributed by atoms with Crippen molar-refractivity contribution in [2.75, 3.05) is 11.6 Å². The molecular formula is C14H17ClN2S. The first-order chi connectivity index (χ1) is 8.72. The summed E-state index contributed by atoms with van der Waals surface area (Å²) in [5.41, 5.74) is 1.56. The van der Waals surface area contributed by atoms with Crippen molar-refractivity contribution in [2.45, 2.75) is 37.0 Å². The average Bonchev–Trinajstić information content (AvgIpc) is 2.42. The summed E-state index contributed by atoms with van der Waals surface area (Å²) in [6, 6.07) is 8.04. The zero-order valence-corrected chi connectivity index (χ0v) is 12.0. The highest BCUT2D eigenvalue weighted by atomic mass is 35.5. The number of benzene rings is 1. The predicted molar refractivity (Wildman–Crippen MR) is 79.3 cm³/mol. The summed E-state index contributed by atoms with van der Waals surface area (Å²) in [5.74, 6) is 0. The molecule has 0 heterocycles. The van der Waals surface area contributed by atoms with Crippen LogP contribution in [0.3, 0.4) is 0 Å². The SMILES string of the molecule is CSC1CCC(Nc2ccc(C#N)cc2Cl)CC1. The van der Waals surface area contributed by atoms with Gasteiger partial charge in [0.05, 0.1) is 22.3 Å². The van der Waals surface area contributed by atoms with E-state index in [2.05, 4.69) is 17.6 Å². The smallest absolute Gasteiger partial charge is 0.0992 e. The van der Waals surface area contributed by atoms with Gasteiger partial charge < -0.3 is 5.32 Å². The number of hydrogen-bond donors (Lipinski definition) is 1. The average molecular weight is 281 g/mol. The van der Waals surface area contributed by atoms with E-state index < -0.39 is 0 Å². The molecule has 96 valence electrons. The molecule has 18 heavy (non-hydrogen) atoms. The van der Waals surface area contributed by atoms with Crippen molar-refractivity contribution >= 4 is 29.1 Å². The van der Waals surface area contributed by atoms with Crippen molar-refractivity contribution in [2.24, 2.45) is 0 Å². The highest BCUT2D eigenvalue weighted by Gasteiger charge is 2.20. The summed E-state index contributed by atoms with van der Waals surface area (Å²) in [6.45, 7) is 0. The summed E-state index contributed by atoms with van der Waals surface area (Å²) in [7, 11) is 0. The molecule has 1 aromatic rings. The maximum Gasteiger partial charge on any atom is 0.0992 e. The largest absolute Gasteiger partial charge is 0.381 e. The van der Waals surface area contributed by atoms with Gasteiger partial charge in [-0.05, 0) is 50.1 Å². The van der Waals surface area contributed by atoms with Crippen LogP contribution in [0, 0.1) is 11.3 Å². The third-order valence-corrected chi connectivity index (χ3v) is 4.92. The Morgan fingerprint density at radius 2 is 2.06 bits per heavy atom. The van der Waals surface area contributed by atoms with Gasteiger partial charge >= 0.3 is 0 Å². The standard InChI is InChI=1S/C14H17ClN2S/c1-18-12-5-3-11(4-6-12)17-14-7-2-10(9-16)8-13(14)15/h2,7-8,11-12,17H,3-6H2,1H3. The topological polar surface area (TPSA) is 35.8 Å². The van der Waals surface area contributed by atoms with Crippen LogP contribution in [0.15, 0.2) is 18.2 Å². The maximum atomic E-state index is 8.80. The Morgan fingerprint density at radius 1 is 1.33 bits per heavy atom. The Balaban J connectivity index is 1.96. The summed E-state index contributed by atoms with van der Waals surface area (Å²) < 4.78 is 0. The quantitative estimate of drug-likeness (QED) is 0.897. The van der Waals surface area contributed by atoms with Crippen LogP contribution in [-0.2, 0) is 0 Å².